The summed E-state index contributed by atoms with van der Waals surface area (Å²) in [5.41, 5.74) is 1.11. The van der Waals surface area contributed by atoms with E-state index in [0.717, 1.165) is 24.3 Å². The van der Waals surface area contributed by atoms with E-state index in [-0.39, 0.29) is 18.1 Å². The smallest absolute Gasteiger partial charge is 0.241 e. The van der Waals surface area contributed by atoms with E-state index in [9.17, 15) is 4.79 Å². The fraction of sp³-hybridized carbons (Fsp3) is 0.588. The van der Waals surface area contributed by atoms with Crippen LogP contribution in [-0.4, -0.2) is 30.0 Å². The first kappa shape index (κ1) is 15.8. The molecule has 0 aromatic heterocycles. The molecule has 0 saturated carbocycles. The average Bonchev–Trinajstić information content (AvgIpc) is 2.84. The molecule has 1 heterocycles. The SMILES string of the molecule is CCOc1ccc(C2NC(C(C)CC)C(=O)N2CC)cc1. The van der Waals surface area contributed by atoms with Crippen molar-refractivity contribution in [3.05, 3.63) is 29.8 Å². The number of likely N-dealkylation sites (N-methyl/N-ethyl adjacent to an activating group) is 1. The van der Waals surface area contributed by atoms with E-state index < -0.39 is 0 Å². The second kappa shape index (κ2) is 6.94. The molecule has 3 unspecified atom stereocenters. The van der Waals surface area contributed by atoms with Gasteiger partial charge in [0.25, 0.3) is 0 Å². The lowest BCUT2D eigenvalue weighted by Crippen LogP contribution is -2.35. The standard InChI is InChI=1S/C17H26N2O2/c1-5-12(4)15-17(20)19(6-2)16(18-15)13-8-10-14(11-9-13)21-7-3/h8-12,15-16,18H,5-7H2,1-4H3. The number of amides is 1. The summed E-state index contributed by atoms with van der Waals surface area (Å²) in [4.78, 5) is 14.5. The van der Waals surface area contributed by atoms with Crippen molar-refractivity contribution in [2.24, 2.45) is 5.92 Å². The minimum absolute atomic E-state index is 0.0304. The van der Waals surface area contributed by atoms with Crippen molar-refractivity contribution in [2.75, 3.05) is 13.2 Å². The summed E-state index contributed by atoms with van der Waals surface area (Å²) in [6.07, 6.45) is 0.967. The van der Waals surface area contributed by atoms with Crippen molar-refractivity contribution < 1.29 is 9.53 Å². The molecule has 2 rings (SSSR count). The molecule has 3 atom stereocenters. The highest BCUT2D eigenvalue weighted by Crippen LogP contribution is 2.29. The van der Waals surface area contributed by atoms with Gasteiger partial charge in [-0.05, 0) is 37.5 Å². The van der Waals surface area contributed by atoms with Gasteiger partial charge >= 0.3 is 0 Å². The van der Waals surface area contributed by atoms with E-state index in [1.54, 1.807) is 0 Å². The van der Waals surface area contributed by atoms with Crippen LogP contribution in [0.5, 0.6) is 5.75 Å². The zero-order valence-corrected chi connectivity index (χ0v) is 13.4. The molecule has 1 aromatic rings. The van der Waals surface area contributed by atoms with Crippen LogP contribution in [-0.2, 0) is 4.79 Å². The van der Waals surface area contributed by atoms with Crippen LogP contribution in [0.4, 0.5) is 0 Å². The minimum atomic E-state index is -0.0773. The number of ether oxygens (including phenoxy) is 1. The monoisotopic (exact) mass is 290 g/mol. The summed E-state index contributed by atoms with van der Waals surface area (Å²) in [7, 11) is 0. The molecule has 4 heteroatoms. The first-order chi connectivity index (χ1) is 10.1. The lowest BCUT2D eigenvalue weighted by atomic mass is 9.99. The Bertz CT molecular complexity index is 472. The molecule has 1 fully saturated rings. The average molecular weight is 290 g/mol. The fourth-order valence-corrected chi connectivity index (χ4v) is 2.81. The van der Waals surface area contributed by atoms with Gasteiger partial charge in [-0.1, -0.05) is 32.4 Å². The van der Waals surface area contributed by atoms with Crippen LogP contribution < -0.4 is 10.1 Å². The maximum Gasteiger partial charge on any atom is 0.241 e. The van der Waals surface area contributed by atoms with Crippen LogP contribution in [0.15, 0.2) is 24.3 Å². The van der Waals surface area contributed by atoms with Gasteiger partial charge in [0, 0.05) is 6.54 Å². The molecule has 1 saturated heterocycles. The first-order valence-corrected chi connectivity index (χ1v) is 7.91. The number of carbonyl (C=O) groups is 1. The van der Waals surface area contributed by atoms with Crippen LogP contribution in [0.1, 0.15) is 45.8 Å². The molecule has 0 aliphatic carbocycles. The van der Waals surface area contributed by atoms with Crippen molar-refractivity contribution in [3.8, 4) is 5.75 Å². The highest BCUT2D eigenvalue weighted by molar-refractivity contribution is 5.84. The zero-order chi connectivity index (χ0) is 15.4. The minimum Gasteiger partial charge on any atom is -0.494 e. The number of nitrogens with zero attached hydrogens (tertiary/aromatic N) is 1. The van der Waals surface area contributed by atoms with Crippen LogP contribution in [0.25, 0.3) is 0 Å². The van der Waals surface area contributed by atoms with Crippen molar-refractivity contribution >= 4 is 5.91 Å². The number of nitrogens with one attached hydrogen (secondary N) is 1. The van der Waals surface area contributed by atoms with E-state index >= 15 is 0 Å². The van der Waals surface area contributed by atoms with Crippen molar-refractivity contribution in [1.82, 2.24) is 10.2 Å². The van der Waals surface area contributed by atoms with Gasteiger partial charge in [0.1, 0.15) is 11.9 Å². The fourth-order valence-electron chi connectivity index (χ4n) is 2.81. The van der Waals surface area contributed by atoms with Crippen LogP contribution in [0, 0.1) is 5.92 Å². The van der Waals surface area contributed by atoms with E-state index in [1.807, 2.05) is 43.0 Å². The predicted octanol–water partition coefficient (Wildman–Crippen LogP) is 2.95. The Morgan fingerprint density at radius 1 is 1.24 bits per heavy atom. The Hall–Kier alpha value is -1.55. The normalized spacial score (nSPS) is 23.4. The van der Waals surface area contributed by atoms with Crippen LogP contribution in [0.2, 0.25) is 0 Å². The first-order valence-electron chi connectivity index (χ1n) is 7.91. The molecule has 1 aliphatic rings. The lowest BCUT2D eigenvalue weighted by molar-refractivity contribution is -0.130. The predicted molar refractivity (Wildman–Crippen MR) is 84.1 cm³/mol. The second-order valence-corrected chi connectivity index (χ2v) is 5.56. The Morgan fingerprint density at radius 2 is 1.90 bits per heavy atom. The van der Waals surface area contributed by atoms with Gasteiger partial charge in [0.05, 0.1) is 12.6 Å². The van der Waals surface area contributed by atoms with Crippen molar-refractivity contribution in [2.45, 2.75) is 46.3 Å². The Balaban J connectivity index is 2.19. The second-order valence-electron chi connectivity index (χ2n) is 5.56. The number of hydrogen-bond donors (Lipinski definition) is 1. The molecule has 1 aliphatic heterocycles. The summed E-state index contributed by atoms with van der Waals surface area (Å²) in [5.74, 6) is 1.43. The molecule has 116 valence electrons. The van der Waals surface area contributed by atoms with Gasteiger partial charge in [-0.2, -0.15) is 0 Å². The van der Waals surface area contributed by atoms with Crippen molar-refractivity contribution in [3.63, 3.8) is 0 Å². The topological polar surface area (TPSA) is 41.6 Å². The summed E-state index contributed by atoms with van der Waals surface area (Å²) < 4.78 is 5.47. The highest BCUT2D eigenvalue weighted by atomic mass is 16.5. The Morgan fingerprint density at radius 3 is 2.43 bits per heavy atom. The molecule has 1 amide bonds. The van der Waals surface area contributed by atoms with Gasteiger partial charge in [-0.15, -0.1) is 0 Å². The van der Waals surface area contributed by atoms with Crippen molar-refractivity contribution in [1.29, 1.82) is 0 Å². The van der Waals surface area contributed by atoms with E-state index in [2.05, 4.69) is 19.2 Å². The summed E-state index contributed by atoms with van der Waals surface area (Å²) >= 11 is 0. The molecular weight excluding hydrogens is 264 g/mol. The number of rotatable bonds is 6. The maximum absolute atomic E-state index is 12.5. The molecule has 0 radical (unpaired) electrons. The summed E-state index contributed by atoms with van der Waals surface area (Å²) in [5, 5.41) is 3.50. The number of benzene rings is 1. The molecular formula is C17H26N2O2. The van der Waals surface area contributed by atoms with Gasteiger partial charge in [-0.3, -0.25) is 10.1 Å². The van der Waals surface area contributed by atoms with E-state index in [0.29, 0.717) is 12.5 Å². The molecule has 4 nitrogen and oxygen atoms in total. The van der Waals surface area contributed by atoms with Crippen LogP contribution in [0.3, 0.4) is 0 Å². The van der Waals surface area contributed by atoms with E-state index in [1.165, 1.54) is 0 Å². The van der Waals surface area contributed by atoms with E-state index in [4.69, 9.17) is 4.74 Å². The van der Waals surface area contributed by atoms with Gasteiger partial charge in [0.15, 0.2) is 0 Å². The lowest BCUT2D eigenvalue weighted by Gasteiger charge is -2.23. The molecule has 1 N–H and O–H groups in total. The van der Waals surface area contributed by atoms with Gasteiger partial charge in [-0.25, -0.2) is 0 Å². The molecule has 0 bridgehead atoms. The Labute approximate surface area is 127 Å². The molecule has 21 heavy (non-hydrogen) atoms. The largest absolute Gasteiger partial charge is 0.494 e. The Kier molecular flexibility index (Phi) is 5.23. The number of carbonyl (C=O) groups excluding carboxylic acids is 1. The van der Waals surface area contributed by atoms with Gasteiger partial charge in [0.2, 0.25) is 5.91 Å². The van der Waals surface area contributed by atoms with Gasteiger partial charge < -0.3 is 9.64 Å². The summed E-state index contributed by atoms with van der Waals surface area (Å²) in [6.45, 7) is 9.64. The third kappa shape index (κ3) is 3.21. The van der Waals surface area contributed by atoms with Crippen LogP contribution >= 0.6 is 0 Å². The molecule has 0 spiro atoms. The summed E-state index contributed by atoms with van der Waals surface area (Å²) in [6, 6.07) is 7.94. The highest BCUT2D eigenvalue weighted by Gasteiger charge is 2.40. The number of hydrogen-bond acceptors (Lipinski definition) is 3. The quantitative estimate of drug-likeness (QED) is 0.876. The zero-order valence-electron chi connectivity index (χ0n) is 13.4. The third-order valence-electron chi connectivity index (χ3n) is 4.26. The molecule has 1 aromatic carbocycles. The maximum atomic E-state index is 12.5. The third-order valence-corrected chi connectivity index (χ3v) is 4.26.